The first-order chi connectivity index (χ1) is 10.9. The average Bonchev–Trinajstić information content (AvgIpc) is 2.50. The molecule has 2 rings (SSSR count). The van der Waals surface area contributed by atoms with Crippen molar-refractivity contribution in [2.45, 2.75) is 0 Å². The molecule has 0 bridgehead atoms. The number of benzene rings is 2. The molecule has 2 aromatic rings. The minimum absolute atomic E-state index is 0.0489. The van der Waals surface area contributed by atoms with Gasteiger partial charge in [0.25, 0.3) is 11.6 Å². The number of thiocarbonyl (C=S) groups is 1. The molecule has 0 atom stereocenters. The summed E-state index contributed by atoms with van der Waals surface area (Å²) in [6, 6.07) is 11.2. The maximum atomic E-state index is 12.2. The summed E-state index contributed by atoms with van der Waals surface area (Å²) >= 11 is 10.6. The van der Waals surface area contributed by atoms with E-state index in [1.54, 1.807) is 12.1 Å². The van der Waals surface area contributed by atoms with E-state index in [1.807, 2.05) is 12.1 Å². The zero-order valence-electron chi connectivity index (χ0n) is 11.4. The molecule has 0 heterocycles. The van der Waals surface area contributed by atoms with Crippen LogP contribution in [0.4, 0.5) is 11.4 Å². The molecule has 0 aliphatic rings. The van der Waals surface area contributed by atoms with Crippen molar-refractivity contribution in [2.75, 3.05) is 5.32 Å². The molecule has 0 saturated heterocycles. The Morgan fingerprint density at radius 1 is 1.26 bits per heavy atom. The van der Waals surface area contributed by atoms with Crippen molar-refractivity contribution >= 4 is 73.1 Å². The standard InChI is InChI=1S/C14H9BrIN3O3S/c15-8-5-6-11(10(16)7-8)17-14(23)18-13(20)9-3-1-2-4-12(9)19(21)22/h1-7H,(H2,17,18,20,23). The smallest absolute Gasteiger partial charge is 0.282 e. The Morgan fingerprint density at radius 3 is 2.61 bits per heavy atom. The fourth-order valence-electron chi connectivity index (χ4n) is 1.74. The molecule has 0 aliphatic carbocycles. The molecule has 0 saturated carbocycles. The zero-order valence-corrected chi connectivity index (χ0v) is 15.9. The number of rotatable bonds is 3. The normalized spacial score (nSPS) is 10.0. The van der Waals surface area contributed by atoms with Crippen LogP contribution in [0.2, 0.25) is 0 Å². The van der Waals surface area contributed by atoms with Crippen LogP contribution in [0.15, 0.2) is 46.9 Å². The third kappa shape index (κ3) is 4.69. The molecule has 23 heavy (non-hydrogen) atoms. The minimum atomic E-state index is -0.637. The van der Waals surface area contributed by atoms with Gasteiger partial charge in [0.2, 0.25) is 0 Å². The van der Waals surface area contributed by atoms with Crippen LogP contribution in [0, 0.1) is 13.7 Å². The summed E-state index contributed by atoms with van der Waals surface area (Å²) in [6.45, 7) is 0. The van der Waals surface area contributed by atoms with Crippen molar-refractivity contribution in [3.63, 3.8) is 0 Å². The summed E-state index contributed by atoms with van der Waals surface area (Å²) in [6.07, 6.45) is 0. The fourth-order valence-corrected chi connectivity index (χ4v) is 3.38. The van der Waals surface area contributed by atoms with Gasteiger partial charge in [0.1, 0.15) is 5.56 Å². The third-order valence-electron chi connectivity index (χ3n) is 2.75. The lowest BCUT2D eigenvalue weighted by Gasteiger charge is -2.11. The molecule has 9 heteroatoms. The molecule has 6 nitrogen and oxygen atoms in total. The number of hydrogen-bond acceptors (Lipinski definition) is 4. The molecule has 0 aromatic heterocycles. The van der Waals surface area contributed by atoms with E-state index in [2.05, 4.69) is 49.2 Å². The number of para-hydroxylation sites is 1. The highest BCUT2D eigenvalue weighted by Gasteiger charge is 2.20. The van der Waals surface area contributed by atoms with Gasteiger partial charge in [-0.05, 0) is 59.1 Å². The van der Waals surface area contributed by atoms with E-state index in [-0.39, 0.29) is 16.4 Å². The summed E-state index contributed by atoms with van der Waals surface area (Å²) in [5.74, 6) is -0.637. The Morgan fingerprint density at radius 2 is 1.96 bits per heavy atom. The number of hydrogen-bond donors (Lipinski definition) is 2. The van der Waals surface area contributed by atoms with Gasteiger partial charge in [-0.15, -0.1) is 0 Å². The molecule has 2 N–H and O–H groups in total. The van der Waals surface area contributed by atoms with Gasteiger partial charge in [0, 0.05) is 14.1 Å². The quantitative estimate of drug-likeness (QED) is 0.284. The second kappa shape index (κ2) is 7.79. The Bertz CT molecular complexity index is 801. The molecule has 0 spiro atoms. The van der Waals surface area contributed by atoms with Gasteiger partial charge in [0.05, 0.1) is 10.6 Å². The number of anilines is 1. The molecule has 0 radical (unpaired) electrons. The Labute approximate surface area is 159 Å². The van der Waals surface area contributed by atoms with Crippen molar-refractivity contribution < 1.29 is 9.72 Å². The van der Waals surface area contributed by atoms with Crippen molar-refractivity contribution in [2.24, 2.45) is 0 Å². The predicted octanol–water partition coefficient (Wildman–Crippen LogP) is 4.09. The minimum Gasteiger partial charge on any atom is -0.332 e. The van der Waals surface area contributed by atoms with E-state index >= 15 is 0 Å². The maximum absolute atomic E-state index is 12.2. The number of amides is 1. The summed E-state index contributed by atoms with van der Waals surface area (Å²) in [4.78, 5) is 22.5. The number of carbonyl (C=O) groups is 1. The van der Waals surface area contributed by atoms with E-state index in [0.29, 0.717) is 0 Å². The van der Waals surface area contributed by atoms with Gasteiger partial charge < -0.3 is 5.32 Å². The Kier molecular flexibility index (Phi) is 6.02. The van der Waals surface area contributed by atoms with Crippen LogP contribution in [0.5, 0.6) is 0 Å². The lowest BCUT2D eigenvalue weighted by molar-refractivity contribution is -0.385. The van der Waals surface area contributed by atoms with Crippen LogP contribution in [0.1, 0.15) is 10.4 Å². The summed E-state index contributed by atoms with van der Waals surface area (Å²) in [7, 11) is 0. The highest BCUT2D eigenvalue weighted by Crippen LogP contribution is 2.22. The summed E-state index contributed by atoms with van der Waals surface area (Å²) in [5.41, 5.74) is 0.403. The zero-order chi connectivity index (χ0) is 17.0. The van der Waals surface area contributed by atoms with Gasteiger partial charge >= 0.3 is 0 Å². The lowest BCUT2D eigenvalue weighted by atomic mass is 10.1. The maximum Gasteiger partial charge on any atom is 0.282 e. The highest BCUT2D eigenvalue weighted by atomic mass is 127. The second-order valence-electron chi connectivity index (χ2n) is 4.31. The summed E-state index contributed by atoms with van der Waals surface area (Å²) in [5, 5.41) is 16.3. The van der Waals surface area contributed by atoms with Crippen LogP contribution in [0.3, 0.4) is 0 Å². The first-order valence-electron chi connectivity index (χ1n) is 6.19. The predicted molar refractivity (Wildman–Crippen MR) is 104 cm³/mol. The van der Waals surface area contributed by atoms with E-state index in [9.17, 15) is 14.9 Å². The first-order valence-corrected chi connectivity index (χ1v) is 8.47. The monoisotopic (exact) mass is 505 g/mol. The van der Waals surface area contributed by atoms with Crippen molar-refractivity contribution in [1.82, 2.24) is 5.32 Å². The van der Waals surface area contributed by atoms with Gasteiger partial charge in [-0.2, -0.15) is 0 Å². The number of carbonyl (C=O) groups excluding carboxylic acids is 1. The van der Waals surface area contributed by atoms with Crippen LogP contribution < -0.4 is 10.6 Å². The van der Waals surface area contributed by atoms with E-state index in [0.717, 1.165) is 13.7 Å². The highest BCUT2D eigenvalue weighted by molar-refractivity contribution is 14.1. The summed E-state index contributed by atoms with van der Waals surface area (Å²) < 4.78 is 1.82. The van der Waals surface area contributed by atoms with Crippen LogP contribution in [-0.2, 0) is 0 Å². The van der Waals surface area contributed by atoms with Gasteiger partial charge in [-0.3, -0.25) is 20.2 Å². The van der Waals surface area contributed by atoms with Crippen LogP contribution in [0.25, 0.3) is 0 Å². The number of nitrogens with zero attached hydrogens (tertiary/aromatic N) is 1. The van der Waals surface area contributed by atoms with Crippen molar-refractivity contribution in [3.05, 3.63) is 66.2 Å². The molecule has 0 fully saturated rings. The number of halogens is 2. The van der Waals surface area contributed by atoms with E-state index in [4.69, 9.17) is 12.2 Å². The SMILES string of the molecule is O=C(NC(=S)Nc1ccc(Br)cc1I)c1ccccc1[N+](=O)[O-]. The molecule has 2 aromatic carbocycles. The number of nitro benzene ring substituents is 1. The van der Waals surface area contributed by atoms with Crippen molar-refractivity contribution in [1.29, 1.82) is 0 Å². The lowest BCUT2D eigenvalue weighted by Crippen LogP contribution is -2.34. The van der Waals surface area contributed by atoms with E-state index < -0.39 is 10.8 Å². The molecule has 0 aliphatic heterocycles. The molecular formula is C14H9BrIN3O3S. The number of nitro groups is 1. The van der Waals surface area contributed by atoms with Crippen LogP contribution in [-0.4, -0.2) is 15.9 Å². The third-order valence-corrected chi connectivity index (χ3v) is 4.34. The number of nitrogens with one attached hydrogen (secondary N) is 2. The molecular weight excluding hydrogens is 497 g/mol. The van der Waals surface area contributed by atoms with E-state index in [1.165, 1.54) is 18.2 Å². The molecule has 118 valence electrons. The Balaban J connectivity index is 2.11. The fraction of sp³-hybridized carbons (Fsp3) is 0. The van der Waals surface area contributed by atoms with Gasteiger partial charge in [-0.1, -0.05) is 28.1 Å². The topological polar surface area (TPSA) is 84.3 Å². The van der Waals surface area contributed by atoms with Crippen molar-refractivity contribution in [3.8, 4) is 0 Å². The van der Waals surface area contributed by atoms with Gasteiger partial charge in [0.15, 0.2) is 5.11 Å². The average molecular weight is 506 g/mol. The largest absolute Gasteiger partial charge is 0.332 e. The Hall–Kier alpha value is -1.59. The van der Waals surface area contributed by atoms with Crippen LogP contribution >= 0.6 is 50.7 Å². The first kappa shape index (κ1) is 17.8. The second-order valence-corrected chi connectivity index (χ2v) is 6.79. The molecule has 0 unspecified atom stereocenters. The van der Waals surface area contributed by atoms with Gasteiger partial charge in [-0.25, -0.2) is 0 Å². The molecule has 1 amide bonds.